The van der Waals surface area contributed by atoms with Crippen LogP contribution in [-0.4, -0.2) is 31.4 Å². The van der Waals surface area contributed by atoms with Gasteiger partial charge in [-0.2, -0.15) is 5.10 Å². The highest BCUT2D eigenvalue weighted by Crippen LogP contribution is 2.36. The van der Waals surface area contributed by atoms with Crippen LogP contribution in [0.15, 0.2) is 17.2 Å². The number of rotatable bonds is 10. The maximum Gasteiger partial charge on any atom is 0.240 e. The second-order valence-corrected chi connectivity index (χ2v) is 5.23. The summed E-state index contributed by atoms with van der Waals surface area (Å²) in [6.07, 6.45) is 7.47. The highest BCUT2D eigenvalue weighted by atomic mass is 16.5. The summed E-state index contributed by atoms with van der Waals surface area (Å²) in [5.41, 5.74) is 3.15. The average Bonchev–Trinajstić information content (AvgIpc) is 2.55. The lowest BCUT2D eigenvalue weighted by Crippen LogP contribution is -2.16. The van der Waals surface area contributed by atoms with E-state index in [0.29, 0.717) is 12.0 Å². The summed E-state index contributed by atoms with van der Waals surface area (Å²) in [4.78, 5) is 11.7. The number of carbonyl (C=O) groups is 1. The number of methoxy groups -OCH3 is 2. The van der Waals surface area contributed by atoms with Crippen molar-refractivity contribution in [3.05, 3.63) is 17.7 Å². The molecule has 0 atom stereocenters. The molecule has 0 radical (unpaired) electrons. The van der Waals surface area contributed by atoms with Gasteiger partial charge in [-0.05, 0) is 18.6 Å². The van der Waals surface area contributed by atoms with Crippen molar-refractivity contribution in [3.63, 3.8) is 0 Å². The van der Waals surface area contributed by atoms with Crippen LogP contribution in [0, 0.1) is 0 Å². The largest absolute Gasteiger partial charge is 0.502 e. The average molecular weight is 322 g/mol. The molecule has 1 amide bonds. The summed E-state index contributed by atoms with van der Waals surface area (Å²) in [5.74, 6) is 0.403. The van der Waals surface area contributed by atoms with Crippen molar-refractivity contribution in [2.24, 2.45) is 5.10 Å². The van der Waals surface area contributed by atoms with Gasteiger partial charge in [-0.3, -0.25) is 4.79 Å². The van der Waals surface area contributed by atoms with E-state index in [9.17, 15) is 9.90 Å². The smallest absolute Gasteiger partial charge is 0.240 e. The van der Waals surface area contributed by atoms with Crippen LogP contribution in [0.3, 0.4) is 0 Å². The summed E-state index contributed by atoms with van der Waals surface area (Å²) < 4.78 is 10.1. The third-order valence-corrected chi connectivity index (χ3v) is 3.41. The monoisotopic (exact) mass is 322 g/mol. The number of ether oxygens (including phenoxy) is 2. The van der Waals surface area contributed by atoms with Crippen LogP contribution in [-0.2, 0) is 4.79 Å². The minimum absolute atomic E-state index is 0.0664. The van der Waals surface area contributed by atoms with Gasteiger partial charge in [0.25, 0.3) is 0 Å². The maximum absolute atomic E-state index is 11.7. The standard InChI is InChI=1S/C17H26N2O4/c1-4-5-6-7-8-9-16(20)19-18-12-13-10-14(22-2)17(21)15(11-13)23-3/h10-12,21H,4-9H2,1-3H3,(H,19,20)/b18-12+. The van der Waals surface area contributed by atoms with E-state index in [0.717, 1.165) is 12.8 Å². The molecule has 6 heteroatoms. The predicted octanol–water partition coefficient (Wildman–Crippen LogP) is 3.22. The third kappa shape index (κ3) is 6.59. The quantitative estimate of drug-likeness (QED) is 0.394. The molecule has 0 aromatic heterocycles. The lowest BCUT2D eigenvalue weighted by Gasteiger charge is -2.09. The Morgan fingerprint density at radius 1 is 1.17 bits per heavy atom. The van der Waals surface area contributed by atoms with E-state index in [1.807, 2.05) is 0 Å². The molecule has 0 spiro atoms. The van der Waals surface area contributed by atoms with Gasteiger partial charge in [0.1, 0.15) is 0 Å². The van der Waals surface area contributed by atoms with Gasteiger partial charge >= 0.3 is 0 Å². The summed E-state index contributed by atoms with van der Waals surface area (Å²) in [6.45, 7) is 2.16. The SMILES string of the molecule is CCCCCCCC(=O)N/N=C/c1cc(OC)c(O)c(OC)c1. The van der Waals surface area contributed by atoms with Crippen LogP contribution in [0.4, 0.5) is 0 Å². The molecular formula is C17H26N2O4. The summed E-state index contributed by atoms with van der Waals surface area (Å²) >= 11 is 0. The van der Waals surface area contributed by atoms with Crippen LogP contribution in [0.25, 0.3) is 0 Å². The van der Waals surface area contributed by atoms with E-state index in [1.165, 1.54) is 39.7 Å². The van der Waals surface area contributed by atoms with Crippen LogP contribution in [0.2, 0.25) is 0 Å². The number of unbranched alkanes of at least 4 members (excludes halogenated alkanes) is 4. The third-order valence-electron chi connectivity index (χ3n) is 3.41. The van der Waals surface area contributed by atoms with E-state index in [1.54, 1.807) is 12.1 Å². The Kier molecular flexibility index (Phi) is 8.57. The van der Waals surface area contributed by atoms with Gasteiger partial charge in [0.15, 0.2) is 11.5 Å². The van der Waals surface area contributed by atoms with Gasteiger partial charge < -0.3 is 14.6 Å². The second-order valence-electron chi connectivity index (χ2n) is 5.23. The molecule has 0 aliphatic rings. The molecule has 2 N–H and O–H groups in total. The number of nitrogens with one attached hydrogen (secondary N) is 1. The number of carbonyl (C=O) groups excluding carboxylic acids is 1. The Labute approximate surface area is 137 Å². The number of hydrogen-bond donors (Lipinski definition) is 2. The summed E-state index contributed by atoms with van der Waals surface area (Å²) in [5, 5.41) is 13.7. The Hall–Kier alpha value is -2.24. The Morgan fingerprint density at radius 3 is 2.35 bits per heavy atom. The van der Waals surface area contributed by atoms with E-state index < -0.39 is 0 Å². The number of aromatic hydroxyl groups is 1. The van der Waals surface area contributed by atoms with Crippen molar-refractivity contribution in [1.82, 2.24) is 5.43 Å². The zero-order valence-corrected chi connectivity index (χ0v) is 14.1. The zero-order chi connectivity index (χ0) is 17.1. The minimum atomic E-state index is -0.101. The lowest BCUT2D eigenvalue weighted by molar-refractivity contribution is -0.121. The number of amides is 1. The summed E-state index contributed by atoms with van der Waals surface area (Å²) in [6, 6.07) is 3.22. The molecule has 1 aromatic carbocycles. The molecule has 0 fully saturated rings. The first-order valence-corrected chi connectivity index (χ1v) is 7.89. The number of phenols is 1. The van der Waals surface area contributed by atoms with Crippen molar-refractivity contribution >= 4 is 12.1 Å². The molecule has 0 saturated carbocycles. The fraction of sp³-hybridized carbons (Fsp3) is 0.529. The Balaban J connectivity index is 2.49. The molecule has 1 rings (SSSR count). The number of hydrogen-bond acceptors (Lipinski definition) is 5. The molecule has 0 heterocycles. The first kappa shape index (κ1) is 18.8. The molecule has 23 heavy (non-hydrogen) atoms. The number of hydrazone groups is 1. The molecule has 0 aliphatic carbocycles. The van der Waals surface area contributed by atoms with E-state index in [2.05, 4.69) is 17.5 Å². The molecule has 1 aromatic rings. The fourth-order valence-corrected chi connectivity index (χ4v) is 2.11. The van der Waals surface area contributed by atoms with E-state index >= 15 is 0 Å². The summed E-state index contributed by atoms with van der Waals surface area (Å²) in [7, 11) is 2.91. The van der Waals surface area contributed by atoms with Crippen molar-refractivity contribution in [1.29, 1.82) is 0 Å². The number of nitrogens with zero attached hydrogens (tertiary/aromatic N) is 1. The maximum atomic E-state index is 11.7. The van der Waals surface area contributed by atoms with Crippen LogP contribution in [0.1, 0.15) is 51.0 Å². The van der Waals surface area contributed by atoms with Gasteiger partial charge in [-0.25, -0.2) is 5.43 Å². The van der Waals surface area contributed by atoms with Crippen LogP contribution in [0.5, 0.6) is 17.2 Å². The highest BCUT2D eigenvalue weighted by molar-refractivity contribution is 5.84. The van der Waals surface area contributed by atoms with Gasteiger partial charge in [0.2, 0.25) is 11.7 Å². The Morgan fingerprint density at radius 2 is 1.78 bits per heavy atom. The second kappa shape index (κ2) is 10.5. The first-order chi connectivity index (χ1) is 11.1. The van der Waals surface area contributed by atoms with Crippen LogP contribution >= 0.6 is 0 Å². The minimum Gasteiger partial charge on any atom is -0.502 e. The predicted molar refractivity (Wildman–Crippen MR) is 90.3 cm³/mol. The van der Waals surface area contributed by atoms with E-state index in [-0.39, 0.29) is 23.2 Å². The lowest BCUT2D eigenvalue weighted by atomic mass is 10.1. The van der Waals surface area contributed by atoms with Crippen molar-refractivity contribution in [2.45, 2.75) is 45.4 Å². The number of phenolic OH excluding ortho intramolecular Hbond substituents is 1. The molecule has 0 bridgehead atoms. The molecule has 128 valence electrons. The van der Waals surface area contributed by atoms with Crippen molar-refractivity contribution in [3.8, 4) is 17.2 Å². The Bertz CT molecular complexity index is 504. The zero-order valence-electron chi connectivity index (χ0n) is 14.1. The van der Waals surface area contributed by atoms with Gasteiger partial charge in [0, 0.05) is 12.0 Å². The highest BCUT2D eigenvalue weighted by Gasteiger charge is 2.10. The van der Waals surface area contributed by atoms with Gasteiger partial charge in [0.05, 0.1) is 20.4 Å². The molecule has 0 saturated heterocycles. The molecule has 0 aliphatic heterocycles. The molecular weight excluding hydrogens is 296 g/mol. The van der Waals surface area contributed by atoms with Crippen molar-refractivity contribution in [2.75, 3.05) is 14.2 Å². The molecule has 6 nitrogen and oxygen atoms in total. The van der Waals surface area contributed by atoms with Gasteiger partial charge in [-0.1, -0.05) is 32.6 Å². The number of benzene rings is 1. The van der Waals surface area contributed by atoms with Gasteiger partial charge in [-0.15, -0.1) is 0 Å². The van der Waals surface area contributed by atoms with Crippen molar-refractivity contribution < 1.29 is 19.4 Å². The fourth-order valence-electron chi connectivity index (χ4n) is 2.11. The first-order valence-electron chi connectivity index (χ1n) is 7.89. The van der Waals surface area contributed by atoms with E-state index in [4.69, 9.17) is 9.47 Å². The normalized spacial score (nSPS) is 10.7. The topological polar surface area (TPSA) is 80.2 Å². The van der Waals surface area contributed by atoms with Crippen LogP contribution < -0.4 is 14.9 Å². The molecule has 0 unspecified atom stereocenters.